The minimum absolute atomic E-state index is 0.0798. The molecule has 0 aliphatic heterocycles. The summed E-state index contributed by atoms with van der Waals surface area (Å²) in [5.74, 6) is -3.93. The highest BCUT2D eigenvalue weighted by molar-refractivity contribution is 7.87. The van der Waals surface area contributed by atoms with Crippen molar-refractivity contribution in [3.63, 3.8) is 0 Å². The predicted octanol–water partition coefficient (Wildman–Crippen LogP) is 3.99. The highest BCUT2D eigenvalue weighted by Crippen LogP contribution is 2.25. The molecule has 0 unspecified atom stereocenters. The topological polar surface area (TPSA) is 130 Å². The van der Waals surface area contributed by atoms with E-state index in [0.29, 0.717) is 6.07 Å². The van der Waals surface area contributed by atoms with Crippen molar-refractivity contribution in [1.29, 1.82) is 0 Å². The number of benzene rings is 3. The van der Waals surface area contributed by atoms with E-state index in [2.05, 4.69) is 0 Å². The number of carbonyl (C=O) groups excluding carboxylic acids is 2. The molecular weight excluding hydrogens is 476 g/mol. The summed E-state index contributed by atoms with van der Waals surface area (Å²) >= 11 is 0. The molecule has 0 aliphatic rings. The smallest absolute Gasteiger partial charge is 0.339 e. The van der Waals surface area contributed by atoms with Crippen LogP contribution < -0.4 is 4.18 Å². The van der Waals surface area contributed by atoms with Gasteiger partial charge in [-0.1, -0.05) is 6.07 Å². The fourth-order valence-corrected chi connectivity index (χ4v) is 3.97. The Hall–Kier alpha value is -4.19. The lowest BCUT2D eigenvalue weighted by Crippen LogP contribution is -2.16. The molecule has 3 rings (SSSR count). The Morgan fingerprint density at radius 3 is 2.32 bits per heavy atom. The molecule has 0 saturated heterocycles. The molecule has 176 valence electrons. The van der Waals surface area contributed by atoms with E-state index in [9.17, 15) is 36.9 Å². The molecule has 0 atom stereocenters. The van der Waals surface area contributed by atoms with Crippen molar-refractivity contribution in [2.45, 2.75) is 11.8 Å². The Balaban J connectivity index is 1.68. The van der Waals surface area contributed by atoms with Gasteiger partial charge in [-0.2, -0.15) is 8.42 Å². The van der Waals surface area contributed by atoms with E-state index in [4.69, 9.17) is 8.92 Å². The van der Waals surface area contributed by atoms with Crippen molar-refractivity contribution in [2.75, 3.05) is 6.61 Å². The Kier molecular flexibility index (Phi) is 7.01. The van der Waals surface area contributed by atoms with Gasteiger partial charge < -0.3 is 8.92 Å². The zero-order valence-corrected chi connectivity index (χ0v) is 18.2. The number of hydrogen-bond donors (Lipinski definition) is 0. The molecule has 0 N–H and O–H groups in total. The average molecular weight is 491 g/mol. The number of ketones is 1. The summed E-state index contributed by atoms with van der Waals surface area (Å²) in [6, 6.07) is 10.2. The van der Waals surface area contributed by atoms with E-state index < -0.39 is 61.2 Å². The number of nitro groups is 1. The monoisotopic (exact) mass is 491 g/mol. The molecule has 0 radical (unpaired) electrons. The Labute approximate surface area is 191 Å². The summed E-state index contributed by atoms with van der Waals surface area (Å²) in [5.41, 5.74) is -0.856. The zero-order valence-electron chi connectivity index (χ0n) is 17.4. The number of hydrogen-bond acceptors (Lipinski definition) is 8. The Bertz CT molecular complexity index is 1390. The number of rotatable bonds is 8. The standard InChI is InChI=1S/C22H15F2NO8S/c1-13-2-6-16(25(28)29)11-21(13)34(30,31)33-17-7-3-14(4-8-17)22(27)32-12-20(26)18-10-15(23)5-9-19(18)24/h2-11H,12H2,1H3. The van der Waals surface area contributed by atoms with Gasteiger partial charge in [-0.25, -0.2) is 13.6 Å². The number of Topliss-reactive ketones (excluding diaryl/α,β-unsaturated/α-hetero) is 1. The number of carbonyl (C=O) groups is 2. The summed E-state index contributed by atoms with van der Waals surface area (Å²) in [6.07, 6.45) is 0. The number of esters is 1. The molecule has 0 bridgehead atoms. The van der Waals surface area contributed by atoms with Crippen molar-refractivity contribution in [3.05, 3.63) is 99.1 Å². The van der Waals surface area contributed by atoms with Gasteiger partial charge in [0.2, 0.25) is 5.78 Å². The quantitative estimate of drug-likeness (QED) is 0.152. The van der Waals surface area contributed by atoms with E-state index in [-0.39, 0.29) is 16.9 Å². The number of nitro benzene ring substituents is 1. The third-order valence-corrected chi connectivity index (χ3v) is 5.90. The lowest BCUT2D eigenvalue weighted by molar-refractivity contribution is -0.385. The fraction of sp³-hybridized carbons (Fsp3) is 0.0909. The molecule has 0 aliphatic carbocycles. The molecule has 0 fully saturated rings. The molecule has 0 amide bonds. The van der Waals surface area contributed by atoms with Gasteiger partial charge >= 0.3 is 16.1 Å². The fourth-order valence-electron chi connectivity index (χ4n) is 2.79. The van der Waals surface area contributed by atoms with Gasteiger partial charge in [0, 0.05) is 12.1 Å². The second-order valence-electron chi connectivity index (χ2n) is 6.89. The van der Waals surface area contributed by atoms with Crippen molar-refractivity contribution >= 4 is 27.6 Å². The summed E-state index contributed by atoms with van der Waals surface area (Å²) < 4.78 is 61.7. The molecule has 0 spiro atoms. The first kappa shape index (κ1) is 24.5. The van der Waals surface area contributed by atoms with Crippen LogP contribution in [-0.2, 0) is 14.9 Å². The van der Waals surface area contributed by atoms with Gasteiger partial charge in [-0.3, -0.25) is 14.9 Å². The van der Waals surface area contributed by atoms with Crippen LogP contribution in [0.5, 0.6) is 5.75 Å². The van der Waals surface area contributed by atoms with Crippen LogP contribution in [0, 0.1) is 28.7 Å². The Morgan fingerprint density at radius 1 is 1.00 bits per heavy atom. The van der Waals surface area contributed by atoms with E-state index >= 15 is 0 Å². The summed E-state index contributed by atoms with van der Waals surface area (Å²) in [6.45, 7) is 0.591. The molecule has 9 nitrogen and oxygen atoms in total. The number of non-ortho nitro benzene ring substituents is 1. The molecule has 0 aromatic heterocycles. The number of halogens is 2. The maximum absolute atomic E-state index is 13.6. The summed E-state index contributed by atoms with van der Waals surface area (Å²) in [5, 5.41) is 10.9. The van der Waals surface area contributed by atoms with Crippen LogP contribution in [0.1, 0.15) is 26.3 Å². The van der Waals surface area contributed by atoms with Crippen molar-refractivity contribution in [3.8, 4) is 5.75 Å². The minimum atomic E-state index is -4.42. The van der Waals surface area contributed by atoms with E-state index in [0.717, 1.165) is 48.5 Å². The van der Waals surface area contributed by atoms with Gasteiger partial charge in [0.25, 0.3) is 5.69 Å². The number of aryl methyl sites for hydroxylation is 1. The first-order valence-corrected chi connectivity index (χ1v) is 10.8. The van der Waals surface area contributed by atoms with Gasteiger partial charge in [0.05, 0.1) is 16.1 Å². The number of nitrogens with zero attached hydrogens (tertiary/aromatic N) is 1. The van der Waals surface area contributed by atoms with Gasteiger partial charge in [0.1, 0.15) is 22.3 Å². The SMILES string of the molecule is Cc1ccc([N+](=O)[O-])cc1S(=O)(=O)Oc1ccc(C(=O)OCC(=O)c2cc(F)ccc2F)cc1. The van der Waals surface area contributed by atoms with Crippen LogP contribution in [0.2, 0.25) is 0 Å². The third kappa shape index (κ3) is 5.59. The predicted molar refractivity (Wildman–Crippen MR) is 113 cm³/mol. The van der Waals surface area contributed by atoms with Crippen LogP contribution in [0.4, 0.5) is 14.5 Å². The van der Waals surface area contributed by atoms with Gasteiger partial charge in [0.15, 0.2) is 6.61 Å². The molecular formula is C22H15F2NO8S. The van der Waals surface area contributed by atoms with Crippen LogP contribution in [-0.4, -0.2) is 31.7 Å². The van der Waals surface area contributed by atoms with E-state index in [1.807, 2.05) is 0 Å². The normalized spacial score (nSPS) is 11.0. The molecule has 3 aromatic carbocycles. The van der Waals surface area contributed by atoms with Crippen LogP contribution in [0.3, 0.4) is 0 Å². The van der Waals surface area contributed by atoms with E-state index in [1.165, 1.54) is 13.0 Å². The third-order valence-electron chi connectivity index (χ3n) is 4.51. The van der Waals surface area contributed by atoms with E-state index in [1.54, 1.807) is 0 Å². The maximum Gasteiger partial charge on any atom is 0.339 e. The van der Waals surface area contributed by atoms with Gasteiger partial charge in [-0.15, -0.1) is 0 Å². The van der Waals surface area contributed by atoms with Crippen LogP contribution >= 0.6 is 0 Å². The lowest BCUT2D eigenvalue weighted by atomic mass is 10.1. The molecule has 0 heterocycles. The molecule has 34 heavy (non-hydrogen) atoms. The highest BCUT2D eigenvalue weighted by Gasteiger charge is 2.23. The van der Waals surface area contributed by atoms with Crippen molar-refractivity contribution < 1.29 is 40.6 Å². The second-order valence-corrected chi connectivity index (χ2v) is 8.41. The second kappa shape index (κ2) is 9.75. The van der Waals surface area contributed by atoms with Gasteiger partial charge in [-0.05, 0) is 55.0 Å². The maximum atomic E-state index is 13.6. The molecule has 12 heteroatoms. The number of ether oxygens (including phenoxy) is 1. The minimum Gasteiger partial charge on any atom is -0.454 e. The van der Waals surface area contributed by atoms with Crippen molar-refractivity contribution in [2.24, 2.45) is 0 Å². The average Bonchev–Trinajstić information content (AvgIpc) is 2.79. The summed E-state index contributed by atoms with van der Waals surface area (Å²) in [7, 11) is -4.42. The van der Waals surface area contributed by atoms with Crippen molar-refractivity contribution in [1.82, 2.24) is 0 Å². The largest absolute Gasteiger partial charge is 0.454 e. The van der Waals surface area contributed by atoms with Crippen LogP contribution in [0.25, 0.3) is 0 Å². The Morgan fingerprint density at radius 2 is 1.68 bits per heavy atom. The highest BCUT2D eigenvalue weighted by atomic mass is 32.2. The molecule has 0 saturated carbocycles. The summed E-state index contributed by atoms with van der Waals surface area (Å²) in [4.78, 5) is 33.9. The zero-order chi connectivity index (χ0) is 25.0. The lowest BCUT2D eigenvalue weighted by Gasteiger charge is -2.10. The first-order valence-electron chi connectivity index (χ1n) is 9.43. The first-order chi connectivity index (χ1) is 16.0. The molecule has 3 aromatic rings. The van der Waals surface area contributed by atoms with Crippen LogP contribution in [0.15, 0.2) is 65.6 Å².